The van der Waals surface area contributed by atoms with Gasteiger partial charge in [-0.25, -0.2) is 13.1 Å². The Balaban J connectivity index is 1.85. The van der Waals surface area contributed by atoms with Crippen molar-refractivity contribution in [2.45, 2.75) is 18.2 Å². The number of sulfonamides is 1. The molecule has 0 amide bonds. The molecular formula is C14H17N5O4S. The van der Waals surface area contributed by atoms with Crippen LogP contribution in [0.25, 0.3) is 5.69 Å². The zero-order chi connectivity index (χ0) is 17.3. The van der Waals surface area contributed by atoms with Crippen molar-refractivity contribution in [2.24, 2.45) is 11.8 Å². The predicted molar refractivity (Wildman–Crippen MR) is 82.8 cm³/mol. The molecule has 0 saturated carbocycles. The molecule has 1 aliphatic heterocycles. The summed E-state index contributed by atoms with van der Waals surface area (Å²) in [5.41, 5.74) is 0.634. The van der Waals surface area contributed by atoms with Gasteiger partial charge in [0.2, 0.25) is 10.0 Å². The van der Waals surface area contributed by atoms with Crippen LogP contribution in [0.15, 0.2) is 35.5 Å². The number of carbonyl (C=O) groups is 1. The smallest absolute Gasteiger partial charge is 0.307 e. The van der Waals surface area contributed by atoms with Gasteiger partial charge in [0.25, 0.3) is 0 Å². The lowest BCUT2D eigenvalue weighted by Crippen LogP contribution is -2.45. The van der Waals surface area contributed by atoms with Gasteiger partial charge in [-0.15, -0.1) is 5.10 Å². The van der Waals surface area contributed by atoms with Gasteiger partial charge < -0.3 is 5.11 Å². The molecule has 128 valence electrons. The number of aromatic nitrogens is 4. The Bertz CT molecular complexity index is 819. The first-order valence-electron chi connectivity index (χ1n) is 7.44. The Morgan fingerprint density at radius 1 is 1.25 bits per heavy atom. The monoisotopic (exact) mass is 351 g/mol. The van der Waals surface area contributed by atoms with E-state index in [1.54, 1.807) is 12.1 Å². The van der Waals surface area contributed by atoms with Gasteiger partial charge in [0.15, 0.2) is 0 Å². The molecule has 1 saturated heterocycles. The maximum Gasteiger partial charge on any atom is 0.307 e. The molecular weight excluding hydrogens is 334 g/mol. The summed E-state index contributed by atoms with van der Waals surface area (Å²) in [5.74, 6) is -1.64. The van der Waals surface area contributed by atoms with Gasteiger partial charge in [0, 0.05) is 13.1 Å². The van der Waals surface area contributed by atoms with E-state index in [0.717, 1.165) is 0 Å². The van der Waals surface area contributed by atoms with Crippen LogP contribution in [-0.4, -0.2) is 57.1 Å². The van der Waals surface area contributed by atoms with E-state index >= 15 is 0 Å². The first-order valence-corrected chi connectivity index (χ1v) is 8.88. The SMILES string of the molecule is CC1CC(C(=O)O)CN(S(=O)(=O)c2ccc(-n3cnnn3)cc2)C1. The van der Waals surface area contributed by atoms with Crippen LogP contribution in [0.1, 0.15) is 13.3 Å². The number of tetrazole rings is 1. The molecule has 0 aliphatic carbocycles. The fraction of sp³-hybridized carbons (Fsp3) is 0.429. The number of rotatable bonds is 4. The maximum atomic E-state index is 12.8. The number of hydrogen-bond donors (Lipinski definition) is 1. The van der Waals surface area contributed by atoms with E-state index in [4.69, 9.17) is 0 Å². The fourth-order valence-corrected chi connectivity index (χ4v) is 4.48. The van der Waals surface area contributed by atoms with E-state index in [1.165, 1.54) is 27.4 Å². The third-order valence-electron chi connectivity index (χ3n) is 4.06. The normalized spacial score (nSPS) is 22.4. The Morgan fingerprint density at radius 2 is 1.96 bits per heavy atom. The first kappa shape index (κ1) is 16.5. The average Bonchev–Trinajstić information content (AvgIpc) is 3.09. The Hall–Kier alpha value is -2.33. The summed E-state index contributed by atoms with van der Waals surface area (Å²) in [6.07, 6.45) is 1.90. The van der Waals surface area contributed by atoms with Crippen LogP contribution in [0.2, 0.25) is 0 Å². The molecule has 1 aromatic carbocycles. The minimum atomic E-state index is -3.74. The molecule has 2 heterocycles. The van der Waals surface area contributed by atoms with E-state index in [-0.39, 0.29) is 17.4 Å². The van der Waals surface area contributed by atoms with Crippen LogP contribution in [0, 0.1) is 11.8 Å². The second kappa shape index (κ2) is 6.29. The Morgan fingerprint density at radius 3 is 2.54 bits per heavy atom. The van der Waals surface area contributed by atoms with Gasteiger partial charge in [-0.05, 0) is 47.0 Å². The highest BCUT2D eigenvalue weighted by molar-refractivity contribution is 7.89. The van der Waals surface area contributed by atoms with Crippen molar-refractivity contribution in [3.05, 3.63) is 30.6 Å². The Kier molecular flexibility index (Phi) is 4.33. The maximum absolute atomic E-state index is 12.8. The highest BCUT2D eigenvalue weighted by atomic mass is 32.2. The molecule has 2 aromatic rings. The highest BCUT2D eigenvalue weighted by Gasteiger charge is 2.36. The predicted octanol–water partition coefficient (Wildman–Crippen LogP) is 0.394. The minimum Gasteiger partial charge on any atom is -0.481 e. The van der Waals surface area contributed by atoms with Crippen molar-refractivity contribution in [1.82, 2.24) is 24.5 Å². The summed E-state index contributed by atoms with van der Waals surface area (Å²) in [6.45, 7) is 2.18. The summed E-state index contributed by atoms with van der Waals surface area (Å²) in [4.78, 5) is 11.4. The summed E-state index contributed by atoms with van der Waals surface area (Å²) >= 11 is 0. The van der Waals surface area contributed by atoms with Gasteiger partial charge in [-0.3, -0.25) is 4.79 Å². The molecule has 0 radical (unpaired) electrons. The topological polar surface area (TPSA) is 118 Å². The third-order valence-corrected chi connectivity index (χ3v) is 5.91. The van der Waals surface area contributed by atoms with Gasteiger partial charge in [0.05, 0.1) is 16.5 Å². The number of hydrogen-bond acceptors (Lipinski definition) is 6. The highest BCUT2D eigenvalue weighted by Crippen LogP contribution is 2.27. The third kappa shape index (κ3) is 3.15. The average molecular weight is 351 g/mol. The molecule has 1 aliphatic rings. The van der Waals surface area contributed by atoms with Crippen molar-refractivity contribution in [2.75, 3.05) is 13.1 Å². The van der Waals surface area contributed by atoms with E-state index < -0.39 is 21.9 Å². The summed E-state index contributed by atoms with van der Waals surface area (Å²) in [6, 6.07) is 6.15. The van der Waals surface area contributed by atoms with Gasteiger partial charge in [0.1, 0.15) is 6.33 Å². The second-order valence-corrected chi connectivity index (χ2v) is 7.88. The molecule has 1 N–H and O–H groups in total. The van der Waals surface area contributed by atoms with Gasteiger partial charge in [-0.1, -0.05) is 6.92 Å². The van der Waals surface area contributed by atoms with Gasteiger partial charge in [-0.2, -0.15) is 4.31 Å². The van der Waals surface area contributed by atoms with E-state index in [9.17, 15) is 18.3 Å². The van der Waals surface area contributed by atoms with Crippen LogP contribution in [0.3, 0.4) is 0 Å². The summed E-state index contributed by atoms with van der Waals surface area (Å²) in [7, 11) is -3.74. The van der Waals surface area contributed by atoms with E-state index in [2.05, 4.69) is 15.5 Å². The number of piperidine rings is 1. The lowest BCUT2D eigenvalue weighted by molar-refractivity contribution is -0.143. The van der Waals surface area contributed by atoms with Crippen molar-refractivity contribution in [3.63, 3.8) is 0 Å². The van der Waals surface area contributed by atoms with Crippen LogP contribution in [-0.2, 0) is 14.8 Å². The molecule has 2 unspecified atom stereocenters. The van der Waals surface area contributed by atoms with Crippen molar-refractivity contribution >= 4 is 16.0 Å². The number of carboxylic acid groups (broad SMARTS) is 1. The van der Waals surface area contributed by atoms with Crippen molar-refractivity contribution in [3.8, 4) is 5.69 Å². The zero-order valence-corrected chi connectivity index (χ0v) is 13.8. The molecule has 24 heavy (non-hydrogen) atoms. The Labute approximate surface area is 138 Å². The molecule has 10 heteroatoms. The van der Waals surface area contributed by atoms with Crippen LogP contribution in [0.5, 0.6) is 0 Å². The molecule has 0 bridgehead atoms. The van der Waals surface area contributed by atoms with Crippen molar-refractivity contribution in [1.29, 1.82) is 0 Å². The van der Waals surface area contributed by atoms with E-state index in [0.29, 0.717) is 18.7 Å². The molecule has 1 aromatic heterocycles. The van der Waals surface area contributed by atoms with Gasteiger partial charge >= 0.3 is 5.97 Å². The summed E-state index contributed by atoms with van der Waals surface area (Å²) in [5, 5.41) is 20.0. The summed E-state index contributed by atoms with van der Waals surface area (Å²) < 4.78 is 28.2. The zero-order valence-electron chi connectivity index (χ0n) is 13.0. The number of nitrogens with zero attached hydrogens (tertiary/aromatic N) is 5. The van der Waals surface area contributed by atoms with Crippen LogP contribution in [0.4, 0.5) is 0 Å². The van der Waals surface area contributed by atoms with Crippen molar-refractivity contribution < 1.29 is 18.3 Å². The molecule has 0 spiro atoms. The van der Waals surface area contributed by atoms with Crippen LogP contribution >= 0.6 is 0 Å². The quantitative estimate of drug-likeness (QED) is 0.846. The molecule has 3 rings (SSSR count). The number of aliphatic carboxylic acids is 1. The first-order chi connectivity index (χ1) is 11.4. The number of benzene rings is 1. The largest absolute Gasteiger partial charge is 0.481 e. The lowest BCUT2D eigenvalue weighted by Gasteiger charge is -2.33. The number of carboxylic acids is 1. The standard InChI is InChI=1S/C14H17N5O4S/c1-10-6-11(14(20)21)8-18(7-10)24(22,23)13-4-2-12(3-5-13)19-9-15-16-17-19/h2-5,9-11H,6-8H2,1H3,(H,20,21). The van der Waals surface area contributed by atoms with E-state index in [1.807, 2.05) is 6.92 Å². The van der Waals surface area contributed by atoms with Crippen LogP contribution < -0.4 is 0 Å². The molecule has 9 nitrogen and oxygen atoms in total. The fourth-order valence-electron chi connectivity index (χ4n) is 2.88. The minimum absolute atomic E-state index is 0.00322. The second-order valence-electron chi connectivity index (χ2n) is 5.95. The molecule has 1 fully saturated rings. The lowest BCUT2D eigenvalue weighted by atomic mass is 9.92. The molecule has 2 atom stereocenters.